The van der Waals surface area contributed by atoms with Crippen molar-refractivity contribution in [2.75, 3.05) is 6.54 Å². The van der Waals surface area contributed by atoms with Crippen LogP contribution in [-0.4, -0.2) is 12.6 Å². The molecule has 2 atom stereocenters. The first-order valence-corrected chi connectivity index (χ1v) is 7.28. The van der Waals surface area contributed by atoms with Crippen LogP contribution in [0.2, 0.25) is 0 Å². The van der Waals surface area contributed by atoms with E-state index in [1.165, 1.54) is 32.1 Å². The monoisotopic (exact) mass is 223 g/mol. The van der Waals surface area contributed by atoms with Crippen LogP contribution in [0, 0.1) is 23.2 Å². The highest BCUT2D eigenvalue weighted by molar-refractivity contribution is 5.04. The molecule has 0 spiro atoms. The van der Waals surface area contributed by atoms with E-state index in [-0.39, 0.29) is 0 Å². The maximum atomic E-state index is 3.78. The summed E-state index contributed by atoms with van der Waals surface area (Å²) in [5.74, 6) is 2.89. The summed E-state index contributed by atoms with van der Waals surface area (Å²) in [5.41, 5.74) is 0.621. The molecule has 94 valence electrons. The molecular weight excluding hydrogens is 194 g/mol. The van der Waals surface area contributed by atoms with Gasteiger partial charge < -0.3 is 5.32 Å². The molecule has 0 saturated heterocycles. The minimum absolute atomic E-state index is 0.621. The SMILES string of the molecule is CCNC(C1CCC(C)CC1)C1CC1(C)C. The van der Waals surface area contributed by atoms with Crippen LogP contribution in [0.1, 0.15) is 59.8 Å². The number of hydrogen-bond acceptors (Lipinski definition) is 1. The van der Waals surface area contributed by atoms with Crippen LogP contribution < -0.4 is 5.32 Å². The summed E-state index contributed by atoms with van der Waals surface area (Å²) < 4.78 is 0. The first-order valence-electron chi connectivity index (χ1n) is 7.28. The Kier molecular flexibility index (Phi) is 3.63. The molecular formula is C15H29N. The summed E-state index contributed by atoms with van der Waals surface area (Å²) in [5, 5.41) is 3.78. The van der Waals surface area contributed by atoms with Crippen LogP contribution in [0.3, 0.4) is 0 Å². The van der Waals surface area contributed by atoms with Crippen LogP contribution in [0.5, 0.6) is 0 Å². The number of rotatable bonds is 4. The van der Waals surface area contributed by atoms with Crippen LogP contribution in [0.15, 0.2) is 0 Å². The van der Waals surface area contributed by atoms with Crippen molar-refractivity contribution in [3.8, 4) is 0 Å². The van der Waals surface area contributed by atoms with E-state index in [9.17, 15) is 0 Å². The first-order chi connectivity index (χ1) is 7.54. The van der Waals surface area contributed by atoms with Gasteiger partial charge in [0.25, 0.3) is 0 Å². The molecule has 1 N–H and O–H groups in total. The normalized spacial score (nSPS) is 39.4. The fourth-order valence-corrected chi connectivity index (χ4v) is 3.64. The van der Waals surface area contributed by atoms with E-state index in [1.54, 1.807) is 0 Å². The van der Waals surface area contributed by atoms with Crippen LogP contribution in [-0.2, 0) is 0 Å². The Balaban J connectivity index is 1.92. The molecule has 2 rings (SSSR count). The average Bonchev–Trinajstić information content (AvgIpc) is 2.86. The zero-order chi connectivity index (χ0) is 11.8. The Hall–Kier alpha value is -0.0400. The van der Waals surface area contributed by atoms with Gasteiger partial charge in [-0.25, -0.2) is 0 Å². The smallest absolute Gasteiger partial charge is 0.0129 e. The van der Waals surface area contributed by atoms with Crippen molar-refractivity contribution in [2.45, 2.75) is 65.8 Å². The molecule has 0 heterocycles. The van der Waals surface area contributed by atoms with Crippen molar-refractivity contribution in [1.29, 1.82) is 0 Å². The second-order valence-corrected chi connectivity index (χ2v) is 6.90. The van der Waals surface area contributed by atoms with E-state index in [0.717, 1.165) is 30.3 Å². The highest BCUT2D eigenvalue weighted by Gasteiger charge is 2.51. The van der Waals surface area contributed by atoms with Gasteiger partial charge in [0.05, 0.1) is 0 Å². The average molecular weight is 223 g/mol. The van der Waals surface area contributed by atoms with Gasteiger partial charge in [0.1, 0.15) is 0 Å². The van der Waals surface area contributed by atoms with Gasteiger partial charge in [-0.1, -0.05) is 40.5 Å². The lowest BCUT2D eigenvalue weighted by atomic mass is 9.77. The van der Waals surface area contributed by atoms with Crippen LogP contribution in [0.4, 0.5) is 0 Å². The molecule has 2 aliphatic rings. The predicted molar refractivity (Wildman–Crippen MR) is 70.5 cm³/mol. The topological polar surface area (TPSA) is 12.0 Å². The molecule has 0 radical (unpaired) electrons. The van der Waals surface area contributed by atoms with Crippen molar-refractivity contribution >= 4 is 0 Å². The molecule has 0 amide bonds. The highest BCUT2D eigenvalue weighted by atomic mass is 14.9. The minimum atomic E-state index is 0.621. The van der Waals surface area contributed by atoms with Gasteiger partial charge in [0.2, 0.25) is 0 Å². The zero-order valence-electron chi connectivity index (χ0n) is 11.6. The van der Waals surface area contributed by atoms with E-state index in [0.29, 0.717) is 5.41 Å². The molecule has 1 nitrogen and oxygen atoms in total. The maximum absolute atomic E-state index is 3.78. The molecule has 0 bridgehead atoms. The van der Waals surface area contributed by atoms with Crippen molar-refractivity contribution in [2.24, 2.45) is 23.2 Å². The first kappa shape index (κ1) is 12.4. The van der Waals surface area contributed by atoms with Crippen molar-refractivity contribution in [3.05, 3.63) is 0 Å². The van der Waals surface area contributed by atoms with Crippen molar-refractivity contribution in [3.63, 3.8) is 0 Å². The maximum Gasteiger partial charge on any atom is 0.0129 e. The minimum Gasteiger partial charge on any atom is -0.314 e. The van der Waals surface area contributed by atoms with Crippen LogP contribution >= 0.6 is 0 Å². The lowest BCUT2D eigenvalue weighted by Crippen LogP contribution is -2.40. The highest BCUT2D eigenvalue weighted by Crippen LogP contribution is 2.56. The third kappa shape index (κ3) is 2.61. The summed E-state index contributed by atoms with van der Waals surface area (Å²) in [6, 6.07) is 0.812. The Labute approximate surface area is 101 Å². The van der Waals surface area contributed by atoms with Gasteiger partial charge >= 0.3 is 0 Å². The Morgan fingerprint density at radius 1 is 1.19 bits per heavy atom. The summed E-state index contributed by atoms with van der Waals surface area (Å²) in [6.45, 7) is 10.7. The van der Waals surface area contributed by atoms with Crippen molar-refractivity contribution < 1.29 is 0 Å². The molecule has 2 saturated carbocycles. The quantitative estimate of drug-likeness (QED) is 0.763. The summed E-state index contributed by atoms with van der Waals surface area (Å²) in [7, 11) is 0. The van der Waals surface area contributed by atoms with E-state index < -0.39 is 0 Å². The van der Waals surface area contributed by atoms with Gasteiger partial charge in [0.15, 0.2) is 0 Å². The van der Waals surface area contributed by atoms with Crippen LogP contribution in [0.25, 0.3) is 0 Å². The molecule has 2 fully saturated rings. The lowest BCUT2D eigenvalue weighted by molar-refractivity contribution is 0.205. The Morgan fingerprint density at radius 3 is 2.19 bits per heavy atom. The summed E-state index contributed by atoms with van der Waals surface area (Å²) in [4.78, 5) is 0. The molecule has 0 aromatic heterocycles. The van der Waals surface area contributed by atoms with Gasteiger partial charge in [-0.05, 0) is 49.0 Å². The molecule has 0 aromatic carbocycles. The molecule has 16 heavy (non-hydrogen) atoms. The third-order valence-electron chi connectivity index (χ3n) is 5.03. The lowest BCUT2D eigenvalue weighted by Gasteiger charge is -2.34. The van der Waals surface area contributed by atoms with E-state index >= 15 is 0 Å². The molecule has 1 heteroatoms. The van der Waals surface area contributed by atoms with E-state index in [4.69, 9.17) is 0 Å². The number of nitrogens with one attached hydrogen (secondary N) is 1. The fraction of sp³-hybridized carbons (Fsp3) is 1.00. The second-order valence-electron chi connectivity index (χ2n) is 6.90. The fourth-order valence-electron chi connectivity index (χ4n) is 3.64. The van der Waals surface area contributed by atoms with Gasteiger partial charge in [-0.15, -0.1) is 0 Å². The van der Waals surface area contributed by atoms with E-state index in [1.807, 2.05) is 0 Å². The predicted octanol–water partition coefficient (Wildman–Crippen LogP) is 3.84. The van der Waals surface area contributed by atoms with Gasteiger partial charge in [-0.2, -0.15) is 0 Å². The molecule has 2 unspecified atom stereocenters. The Bertz CT molecular complexity index is 226. The third-order valence-corrected chi connectivity index (χ3v) is 5.03. The van der Waals surface area contributed by atoms with Crippen molar-refractivity contribution in [1.82, 2.24) is 5.32 Å². The standard InChI is InChI=1S/C15H29N/c1-5-16-14(13-10-15(13,3)4)12-8-6-11(2)7-9-12/h11-14,16H,5-10H2,1-4H3. The van der Waals surface area contributed by atoms with E-state index in [2.05, 4.69) is 33.0 Å². The summed E-state index contributed by atoms with van der Waals surface area (Å²) >= 11 is 0. The number of hydrogen-bond donors (Lipinski definition) is 1. The summed E-state index contributed by atoms with van der Waals surface area (Å²) in [6.07, 6.45) is 7.28. The molecule has 0 aliphatic heterocycles. The largest absolute Gasteiger partial charge is 0.314 e. The zero-order valence-corrected chi connectivity index (χ0v) is 11.6. The Morgan fingerprint density at radius 2 is 1.75 bits per heavy atom. The molecule has 0 aromatic rings. The van der Waals surface area contributed by atoms with Gasteiger partial charge in [-0.3, -0.25) is 0 Å². The van der Waals surface area contributed by atoms with Gasteiger partial charge in [0, 0.05) is 6.04 Å². The second kappa shape index (κ2) is 4.68. The molecule has 2 aliphatic carbocycles.